The minimum Gasteiger partial charge on any atom is -0.481 e. The van der Waals surface area contributed by atoms with E-state index >= 15 is 0 Å². The molecule has 0 aromatic heterocycles. The van der Waals surface area contributed by atoms with E-state index in [9.17, 15) is 9.59 Å². The number of aliphatic imine (C=N–C) groups is 1. The summed E-state index contributed by atoms with van der Waals surface area (Å²) in [5.41, 5.74) is 0.339. The number of nitriles is 1. The molecule has 0 aromatic carbocycles. The van der Waals surface area contributed by atoms with Crippen LogP contribution in [0.2, 0.25) is 0 Å². The van der Waals surface area contributed by atoms with Gasteiger partial charge in [-0.3, -0.25) is 9.59 Å². The van der Waals surface area contributed by atoms with E-state index < -0.39 is 17.8 Å². The number of esters is 1. The Kier molecular flexibility index (Phi) is 3.78. The standard InChI is InChI=1S/C10H10N2O4/c1-15-8-3-6(4-9(13)16-2)7(5-11)10(14)12-8/h3,7H,4H2,1-2H3. The van der Waals surface area contributed by atoms with E-state index in [0.29, 0.717) is 5.57 Å². The Morgan fingerprint density at radius 1 is 1.62 bits per heavy atom. The molecule has 1 atom stereocenters. The zero-order valence-corrected chi connectivity index (χ0v) is 8.89. The van der Waals surface area contributed by atoms with E-state index in [2.05, 4.69) is 9.73 Å². The Balaban J connectivity index is 2.97. The fourth-order valence-electron chi connectivity index (χ4n) is 1.24. The van der Waals surface area contributed by atoms with E-state index in [1.54, 1.807) is 6.07 Å². The van der Waals surface area contributed by atoms with Gasteiger partial charge in [-0.25, -0.2) is 0 Å². The Hall–Kier alpha value is -2.16. The van der Waals surface area contributed by atoms with Crippen molar-refractivity contribution >= 4 is 17.8 Å². The Labute approximate surface area is 92.2 Å². The summed E-state index contributed by atoms with van der Waals surface area (Å²) >= 11 is 0. The third kappa shape index (κ3) is 2.45. The van der Waals surface area contributed by atoms with Gasteiger partial charge in [0.1, 0.15) is 5.92 Å². The fourth-order valence-corrected chi connectivity index (χ4v) is 1.24. The summed E-state index contributed by atoms with van der Waals surface area (Å²) in [5, 5.41) is 8.80. The Morgan fingerprint density at radius 3 is 2.81 bits per heavy atom. The largest absolute Gasteiger partial charge is 0.481 e. The normalized spacial score (nSPS) is 19.3. The van der Waals surface area contributed by atoms with Crippen LogP contribution >= 0.6 is 0 Å². The summed E-state index contributed by atoms with van der Waals surface area (Å²) in [4.78, 5) is 26.0. The van der Waals surface area contributed by atoms with E-state index in [0.717, 1.165) is 0 Å². The highest BCUT2D eigenvalue weighted by Crippen LogP contribution is 2.21. The lowest BCUT2D eigenvalue weighted by molar-refractivity contribution is -0.139. The van der Waals surface area contributed by atoms with Crippen LogP contribution in [-0.2, 0) is 19.1 Å². The molecule has 0 saturated heterocycles. The maximum absolute atomic E-state index is 11.4. The molecule has 84 valence electrons. The number of dihydropyridines is 1. The molecule has 0 N–H and O–H groups in total. The second-order valence-electron chi connectivity index (χ2n) is 3.03. The van der Waals surface area contributed by atoms with Crippen LogP contribution in [0.25, 0.3) is 0 Å². The van der Waals surface area contributed by atoms with Crippen molar-refractivity contribution in [3.8, 4) is 6.07 Å². The molecule has 1 heterocycles. The van der Waals surface area contributed by atoms with Crippen molar-refractivity contribution in [2.24, 2.45) is 10.9 Å². The molecule has 1 aliphatic heterocycles. The molecule has 1 aliphatic rings. The third-order valence-corrected chi connectivity index (χ3v) is 2.06. The number of hydrogen-bond donors (Lipinski definition) is 0. The van der Waals surface area contributed by atoms with Gasteiger partial charge in [0, 0.05) is 6.08 Å². The first-order chi connectivity index (χ1) is 7.62. The van der Waals surface area contributed by atoms with Crippen LogP contribution in [-0.4, -0.2) is 32.0 Å². The number of amides is 1. The minimum absolute atomic E-state index is 0.0930. The molecular weight excluding hydrogens is 212 g/mol. The number of carbonyl (C=O) groups excluding carboxylic acids is 2. The van der Waals surface area contributed by atoms with Crippen molar-refractivity contribution in [3.63, 3.8) is 0 Å². The Morgan fingerprint density at radius 2 is 2.31 bits per heavy atom. The predicted octanol–water partition coefficient (Wildman–Crippen LogP) is 0.201. The molecule has 0 fully saturated rings. The molecule has 6 nitrogen and oxygen atoms in total. The van der Waals surface area contributed by atoms with Gasteiger partial charge in [-0.1, -0.05) is 0 Å². The van der Waals surface area contributed by atoms with Crippen LogP contribution in [0.1, 0.15) is 6.42 Å². The number of carbonyl (C=O) groups is 2. The molecule has 0 radical (unpaired) electrons. The van der Waals surface area contributed by atoms with Crippen molar-refractivity contribution in [3.05, 3.63) is 11.6 Å². The summed E-state index contributed by atoms with van der Waals surface area (Å²) in [7, 11) is 2.59. The lowest BCUT2D eigenvalue weighted by atomic mass is 9.94. The molecule has 0 aromatic rings. The Bertz CT molecular complexity index is 417. The van der Waals surface area contributed by atoms with Crippen LogP contribution in [0.4, 0.5) is 0 Å². The topological polar surface area (TPSA) is 88.8 Å². The van der Waals surface area contributed by atoms with Crippen LogP contribution in [0.15, 0.2) is 16.6 Å². The maximum atomic E-state index is 11.4. The molecule has 0 bridgehead atoms. The summed E-state index contributed by atoms with van der Waals surface area (Å²) in [6.45, 7) is 0. The van der Waals surface area contributed by atoms with Crippen molar-refractivity contribution in [1.29, 1.82) is 5.26 Å². The second-order valence-corrected chi connectivity index (χ2v) is 3.03. The molecule has 6 heteroatoms. The predicted molar refractivity (Wildman–Crippen MR) is 53.3 cm³/mol. The van der Waals surface area contributed by atoms with Gasteiger partial charge in [-0.05, 0) is 5.57 Å². The third-order valence-electron chi connectivity index (χ3n) is 2.06. The van der Waals surface area contributed by atoms with Gasteiger partial charge in [0.25, 0.3) is 5.91 Å². The average molecular weight is 222 g/mol. The highest BCUT2D eigenvalue weighted by Gasteiger charge is 2.28. The van der Waals surface area contributed by atoms with Gasteiger partial charge < -0.3 is 9.47 Å². The van der Waals surface area contributed by atoms with Crippen LogP contribution < -0.4 is 0 Å². The number of ether oxygens (including phenoxy) is 2. The zero-order valence-electron chi connectivity index (χ0n) is 8.89. The molecule has 1 amide bonds. The minimum atomic E-state index is -1.03. The van der Waals surface area contributed by atoms with Crippen molar-refractivity contribution < 1.29 is 19.1 Å². The first-order valence-corrected chi connectivity index (χ1v) is 4.45. The van der Waals surface area contributed by atoms with E-state index in [1.165, 1.54) is 20.3 Å². The number of hydrogen-bond acceptors (Lipinski definition) is 5. The molecule has 0 saturated carbocycles. The monoisotopic (exact) mass is 222 g/mol. The van der Waals surface area contributed by atoms with Gasteiger partial charge in [0.05, 0.1) is 26.7 Å². The molecular formula is C10H10N2O4. The van der Waals surface area contributed by atoms with E-state index in [-0.39, 0.29) is 12.3 Å². The van der Waals surface area contributed by atoms with Gasteiger partial charge in [0.15, 0.2) is 0 Å². The maximum Gasteiger partial charge on any atom is 0.309 e. The number of rotatable bonds is 2. The van der Waals surface area contributed by atoms with Gasteiger partial charge in [0.2, 0.25) is 5.90 Å². The van der Waals surface area contributed by atoms with Gasteiger partial charge >= 0.3 is 5.97 Å². The summed E-state index contributed by atoms with van der Waals surface area (Å²) in [6, 6.07) is 1.79. The summed E-state index contributed by atoms with van der Waals surface area (Å²) < 4.78 is 9.26. The highest BCUT2D eigenvalue weighted by molar-refractivity contribution is 6.04. The zero-order chi connectivity index (χ0) is 12.1. The first-order valence-electron chi connectivity index (χ1n) is 4.45. The number of nitrogens with zero attached hydrogens (tertiary/aromatic N) is 2. The lowest BCUT2D eigenvalue weighted by Crippen LogP contribution is -2.23. The average Bonchev–Trinajstić information content (AvgIpc) is 2.28. The summed E-state index contributed by atoms with van der Waals surface area (Å²) in [5.74, 6) is -2.08. The van der Waals surface area contributed by atoms with Gasteiger partial charge in [-0.15, -0.1) is 0 Å². The SMILES string of the molecule is COC(=O)CC1=CC(OC)=NC(=O)C1C#N. The molecule has 1 unspecified atom stereocenters. The highest BCUT2D eigenvalue weighted by atomic mass is 16.5. The number of methoxy groups -OCH3 is 2. The van der Waals surface area contributed by atoms with E-state index in [4.69, 9.17) is 10.00 Å². The van der Waals surface area contributed by atoms with Crippen molar-refractivity contribution in [2.75, 3.05) is 14.2 Å². The van der Waals surface area contributed by atoms with Crippen LogP contribution in [0, 0.1) is 17.2 Å². The fraction of sp³-hybridized carbons (Fsp3) is 0.400. The molecule has 16 heavy (non-hydrogen) atoms. The lowest BCUT2D eigenvalue weighted by Gasteiger charge is -2.14. The summed E-state index contributed by atoms with van der Waals surface area (Å²) in [6.07, 6.45) is 1.29. The molecule has 0 spiro atoms. The molecule has 1 rings (SSSR count). The van der Waals surface area contributed by atoms with Gasteiger partial charge in [-0.2, -0.15) is 10.3 Å². The second kappa shape index (κ2) is 5.07. The van der Waals surface area contributed by atoms with E-state index in [1.807, 2.05) is 0 Å². The quantitative estimate of drug-likeness (QED) is 0.622. The first kappa shape index (κ1) is 11.9. The van der Waals surface area contributed by atoms with Crippen LogP contribution in [0.5, 0.6) is 0 Å². The smallest absolute Gasteiger partial charge is 0.309 e. The molecule has 0 aliphatic carbocycles. The van der Waals surface area contributed by atoms with Crippen molar-refractivity contribution in [1.82, 2.24) is 0 Å². The van der Waals surface area contributed by atoms with Crippen molar-refractivity contribution in [2.45, 2.75) is 6.42 Å². The van der Waals surface area contributed by atoms with Crippen LogP contribution in [0.3, 0.4) is 0 Å².